The molecule has 6 nitrogen and oxygen atoms in total. The van der Waals surface area contributed by atoms with E-state index < -0.39 is 5.60 Å². The minimum absolute atomic E-state index is 0.0129. The summed E-state index contributed by atoms with van der Waals surface area (Å²) in [6.07, 6.45) is 5.29. The molecule has 4 saturated heterocycles. The maximum absolute atomic E-state index is 12.3. The fraction of sp³-hybridized carbons (Fsp3) is 0.895. The Balaban J connectivity index is 1.62. The summed E-state index contributed by atoms with van der Waals surface area (Å²) in [6.45, 7) is 4.84. The fourth-order valence-corrected chi connectivity index (χ4v) is 5.66. The molecular formula is C19H29NO5. The molecule has 0 aromatic rings. The Morgan fingerprint density at radius 2 is 1.92 bits per heavy atom. The molecule has 0 aliphatic carbocycles. The predicted molar refractivity (Wildman–Crippen MR) is 89.8 cm³/mol. The number of ether oxygens (including phenoxy) is 3. The minimum Gasteiger partial charge on any atom is -0.460 e. The zero-order chi connectivity index (χ0) is 17.8. The van der Waals surface area contributed by atoms with Crippen molar-refractivity contribution in [2.24, 2.45) is 11.8 Å². The van der Waals surface area contributed by atoms with E-state index in [0.717, 1.165) is 45.1 Å². The zero-order valence-electron chi connectivity index (χ0n) is 15.4. The summed E-state index contributed by atoms with van der Waals surface area (Å²) in [7, 11) is 1.73. The Labute approximate surface area is 149 Å². The number of hydrogen-bond acceptors (Lipinski definition) is 6. The smallest absolute Gasteiger partial charge is 0.309 e. The molecule has 6 heteroatoms. The minimum atomic E-state index is -0.551. The zero-order valence-corrected chi connectivity index (χ0v) is 15.4. The van der Waals surface area contributed by atoms with Crippen LogP contribution in [0.3, 0.4) is 0 Å². The number of esters is 2. The van der Waals surface area contributed by atoms with Gasteiger partial charge in [0.2, 0.25) is 0 Å². The van der Waals surface area contributed by atoms with Crippen molar-refractivity contribution in [1.29, 1.82) is 0 Å². The van der Waals surface area contributed by atoms with Crippen LogP contribution < -0.4 is 0 Å². The van der Waals surface area contributed by atoms with E-state index in [1.165, 1.54) is 0 Å². The van der Waals surface area contributed by atoms with Crippen LogP contribution in [0, 0.1) is 11.8 Å². The van der Waals surface area contributed by atoms with Crippen LogP contribution in [0.25, 0.3) is 0 Å². The van der Waals surface area contributed by atoms with E-state index in [9.17, 15) is 9.59 Å². The lowest BCUT2D eigenvalue weighted by Gasteiger charge is -2.42. The van der Waals surface area contributed by atoms with Crippen molar-refractivity contribution in [1.82, 2.24) is 4.90 Å². The average Bonchev–Trinajstić information content (AvgIpc) is 3.19. The Bertz CT molecular complexity index is 566. The molecule has 4 fully saturated rings. The highest BCUT2D eigenvalue weighted by atomic mass is 16.6. The van der Waals surface area contributed by atoms with Gasteiger partial charge in [-0.3, -0.25) is 14.5 Å². The largest absolute Gasteiger partial charge is 0.460 e. The molecule has 25 heavy (non-hydrogen) atoms. The SMILES string of the molecule is CO[C@@H]1CCCN2[C@@H](CC[C@H]2[C@@H]2C[C@H](C)C(=O)O2)[C@]12C[C@@H](C)C(=O)O2. The van der Waals surface area contributed by atoms with Crippen molar-refractivity contribution < 1.29 is 23.8 Å². The van der Waals surface area contributed by atoms with Gasteiger partial charge in [0.05, 0.1) is 24.0 Å². The number of rotatable bonds is 2. The summed E-state index contributed by atoms with van der Waals surface area (Å²) in [4.78, 5) is 26.6. The van der Waals surface area contributed by atoms with E-state index in [0.29, 0.717) is 0 Å². The van der Waals surface area contributed by atoms with Gasteiger partial charge in [-0.2, -0.15) is 0 Å². The standard InChI is InChI=1S/C19H29NO5/c1-11-9-14(24-17(11)21)13-6-7-15-19(10-12(2)18(22)25-19)16(23-3)5-4-8-20(13)15/h11-16H,4-10H2,1-3H3/t11-,12+,13-,14-,15-,16+,19+/m0/s1. The van der Waals surface area contributed by atoms with Gasteiger partial charge >= 0.3 is 11.9 Å². The van der Waals surface area contributed by atoms with Gasteiger partial charge in [-0.15, -0.1) is 0 Å². The van der Waals surface area contributed by atoms with Crippen LogP contribution in [-0.2, 0) is 23.8 Å². The van der Waals surface area contributed by atoms with Gasteiger partial charge in [-0.1, -0.05) is 13.8 Å². The van der Waals surface area contributed by atoms with Crippen molar-refractivity contribution in [3.63, 3.8) is 0 Å². The molecule has 0 radical (unpaired) electrons. The molecule has 0 N–H and O–H groups in total. The molecule has 1 spiro atoms. The number of carbonyl (C=O) groups excluding carboxylic acids is 2. The topological polar surface area (TPSA) is 65.1 Å². The lowest BCUT2D eigenvalue weighted by molar-refractivity contribution is -0.172. The second kappa shape index (κ2) is 6.23. The average molecular weight is 351 g/mol. The summed E-state index contributed by atoms with van der Waals surface area (Å²) in [5.74, 6) is -0.274. The Morgan fingerprint density at radius 1 is 1.12 bits per heavy atom. The fourth-order valence-electron chi connectivity index (χ4n) is 5.66. The second-order valence-electron chi connectivity index (χ2n) is 8.36. The van der Waals surface area contributed by atoms with E-state index in [-0.39, 0.29) is 48.1 Å². The van der Waals surface area contributed by atoms with Crippen LogP contribution in [0.15, 0.2) is 0 Å². The van der Waals surface area contributed by atoms with Crippen LogP contribution in [0.5, 0.6) is 0 Å². The Morgan fingerprint density at radius 3 is 2.52 bits per heavy atom. The number of fused-ring (bicyclic) bond motifs is 2. The molecule has 0 bridgehead atoms. The molecule has 4 rings (SSSR count). The first-order valence-corrected chi connectivity index (χ1v) is 9.68. The highest BCUT2D eigenvalue weighted by Gasteiger charge is 2.61. The van der Waals surface area contributed by atoms with E-state index in [1.807, 2.05) is 13.8 Å². The molecule has 0 aromatic heterocycles. The van der Waals surface area contributed by atoms with Crippen molar-refractivity contribution in [3.8, 4) is 0 Å². The molecule has 0 aromatic carbocycles. The van der Waals surface area contributed by atoms with E-state index in [4.69, 9.17) is 14.2 Å². The molecule has 4 aliphatic heterocycles. The highest BCUT2D eigenvalue weighted by Crippen LogP contribution is 2.48. The van der Waals surface area contributed by atoms with E-state index in [1.54, 1.807) is 7.11 Å². The molecule has 0 unspecified atom stereocenters. The maximum Gasteiger partial charge on any atom is 0.309 e. The van der Waals surface area contributed by atoms with Gasteiger partial charge in [0, 0.05) is 19.6 Å². The Hall–Kier alpha value is -1.14. The van der Waals surface area contributed by atoms with Gasteiger partial charge in [-0.25, -0.2) is 0 Å². The van der Waals surface area contributed by atoms with Gasteiger partial charge in [0.25, 0.3) is 0 Å². The summed E-state index contributed by atoms with van der Waals surface area (Å²) >= 11 is 0. The quantitative estimate of drug-likeness (QED) is 0.708. The third kappa shape index (κ3) is 2.60. The number of carbonyl (C=O) groups is 2. The van der Waals surface area contributed by atoms with Crippen LogP contribution in [0.2, 0.25) is 0 Å². The lowest BCUT2D eigenvalue weighted by atomic mass is 9.81. The first-order chi connectivity index (χ1) is 12.0. The highest BCUT2D eigenvalue weighted by molar-refractivity contribution is 5.75. The molecule has 7 atom stereocenters. The number of cyclic esters (lactones) is 1. The molecule has 4 aliphatic rings. The van der Waals surface area contributed by atoms with Crippen molar-refractivity contribution >= 4 is 11.9 Å². The number of nitrogens with zero attached hydrogens (tertiary/aromatic N) is 1. The van der Waals surface area contributed by atoms with E-state index in [2.05, 4.69) is 4.90 Å². The third-order valence-corrected chi connectivity index (χ3v) is 6.84. The van der Waals surface area contributed by atoms with Crippen molar-refractivity contribution in [3.05, 3.63) is 0 Å². The normalized spacial score (nSPS) is 47.6. The van der Waals surface area contributed by atoms with Crippen LogP contribution >= 0.6 is 0 Å². The lowest BCUT2D eigenvalue weighted by Crippen LogP contribution is -2.57. The summed E-state index contributed by atoms with van der Waals surface area (Å²) in [5, 5.41) is 0. The molecule has 140 valence electrons. The van der Waals surface area contributed by atoms with Gasteiger partial charge in [-0.05, 0) is 38.6 Å². The Kier molecular flexibility index (Phi) is 4.31. The number of hydrogen-bond donors (Lipinski definition) is 0. The van der Waals surface area contributed by atoms with Gasteiger partial charge in [0.1, 0.15) is 6.10 Å². The second-order valence-corrected chi connectivity index (χ2v) is 8.36. The van der Waals surface area contributed by atoms with Gasteiger partial charge in [0.15, 0.2) is 5.60 Å². The monoisotopic (exact) mass is 351 g/mol. The van der Waals surface area contributed by atoms with Gasteiger partial charge < -0.3 is 14.2 Å². The molecule has 0 amide bonds. The summed E-state index contributed by atoms with van der Waals surface area (Å²) in [6, 6.07) is 0.398. The number of methoxy groups -OCH3 is 1. The van der Waals surface area contributed by atoms with Crippen LogP contribution in [-0.4, -0.2) is 60.4 Å². The predicted octanol–water partition coefficient (Wildman–Crippen LogP) is 1.90. The first-order valence-electron chi connectivity index (χ1n) is 9.68. The summed E-state index contributed by atoms with van der Waals surface area (Å²) in [5.41, 5.74) is -0.551. The summed E-state index contributed by atoms with van der Waals surface area (Å²) < 4.78 is 17.5. The first kappa shape index (κ1) is 17.3. The molecule has 0 saturated carbocycles. The van der Waals surface area contributed by atoms with Crippen molar-refractivity contribution in [2.45, 2.75) is 82.3 Å². The van der Waals surface area contributed by atoms with E-state index >= 15 is 0 Å². The van der Waals surface area contributed by atoms with Crippen molar-refractivity contribution in [2.75, 3.05) is 13.7 Å². The van der Waals surface area contributed by atoms with Crippen LogP contribution in [0.4, 0.5) is 0 Å². The maximum atomic E-state index is 12.3. The third-order valence-electron chi connectivity index (χ3n) is 6.84. The molecule has 4 heterocycles. The van der Waals surface area contributed by atoms with Crippen LogP contribution in [0.1, 0.15) is 52.4 Å². The molecular weight excluding hydrogens is 322 g/mol.